The van der Waals surface area contributed by atoms with E-state index in [4.69, 9.17) is 9.29 Å². The predicted octanol–water partition coefficient (Wildman–Crippen LogP) is 3.43. The predicted molar refractivity (Wildman–Crippen MR) is 83.6 cm³/mol. The third-order valence-electron chi connectivity index (χ3n) is 2.79. The topological polar surface area (TPSA) is 92.7 Å². The molecule has 0 saturated carbocycles. The molecule has 0 aliphatic heterocycles. The van der Waals surface area contributed by atoms with Gasteiger partial charge in [-0.1, -0.05) is 18.2 Å². The van der Waals surface area contributed by atoms with Gasteiger partial charge in [-0.25, -0.2) is 4.79 Å². The second kappa shape index (κ2) is 5.58. The van der Waals surface area contributed by atoms with Crippen LogP contribution < -0.4 is 5.32 Å². The van der Waals surface area contributed by atoms with Crippen LogP contribution in [0.3, 0.4) is 0 Å². The van der Waals surface area contributed by atoms with Crippen molar-refractivity contribution in [1.82, 2.24) is 0 Å². The van der Waals surface area contributed by atoms with Crippen LogP contribution in [-0.4, -0.2) is 24.7 Å². The minimum absolute atomic E-state index is 0.200. The normalized spacial score (nSPS) is 12.2. The van der Waals surface area contributed by atoms with Crippen LogP contribution in [0.2, 0.25) is 0 Å². The highest BCUT2D eigenvalue weighted by atomic mass is 32.2. The fourth-order valence-electron chi connectivity index (χ4n) is 1.94. The van der Waals surface area contributed by atoms with Crippen LogP contribution in [0.25, 0.3) is 10.8 Å². The van der Waals surface area contributed by atoms with Crippen molar-refractivity contribution in [3.05, 3.63) is 36.4 Å². The lowest BCUT2D eigenvalue weighted by Gasteiger charge is -2.20. The van der Waals surface area contributed by atoms with Gasteiger partial charge in [0.1, 0.15) is 5.60 Å². The first-order valence-electron chi connectivity index (χ1n) is 6.56. The molecule has 2 aromatic carbocycles. The molecule has 0 unspecified atom stereocenters. The molecule has 0 aliphatic rings. The number of benzene rings is 2. The Labute approximate surface area is 128 Å². The molecule has 2 aromatic rings. The van der Waals surface area contributed by atoms with Gasteiger partial charge in [0.05, 0.1) is 10.6 Å². The molecule has 0 aliphatic carbocycles. The van der Waals surface area contributed by atoms with Crippen LogP contribution in [0.15, 0.2) is 41.3 Å². The zero-order valence-electron chi connectivity index (χ0n) is 12.5. The van der Waals surface area contributed by atoms with Crippen molar-refractivity contribution in [2.24, 2.45) is 0 Å². The van der Waals surface area contributed by atoms with Gasteiger partial charge in [-0.05, 0) is 44.4 Å². The van der Waals surface area contributed by atoms with E-state index in [1.165, 1.54) is 18.2 Å². The zero-order chi connectivity index (χ0) is 16.5. The first kappa shape index (κ1) is 16.3. The minimum Gasteiger partial charge on any atom is -0.444 e. The van der Waals surface area contributed by atoms with E-state index >= 15 is 0 Å². The van der Waals surface area contributed by atoms with Gasteiger partial charge in [0.15, 0.2) is 0 Å². The SMILES string of the molecule is CC(C)(C)OC(=O)Nc1cccc2cc(S(=O)(=O)O)ccc12. The smallest absolute Gasteiger partial charge is 0.412 e. The maximum absolute atomic E-state index is 11.8. The van der Waals surface area contributed by atoms with Crippen molar-refractivity contribution < 1.29 is 22.5 Å². The van der Waals surface area contributed by atoms with E-state index in [-0.39, 0.29) is 4.90 Å². The van der Waals surface area contributed by atoms with Crippen LogP contribution in [0.1, 0.15) is 20.8 Å². The summed E-state index contributed by atoms with van der Waals surface area (Å²) in [5.74, 6) is 0. The number of nitrogens with one attached hydrogen (secondary N) is 1. The number of carbonyl (C=O) groups excluding carboxylic acids is 1. The number of rotatable bonds is 2. The molecule has 0 atom stereocenters. The summed E-state index contributed by atoms with van der Waals surface area (Å²) in [4.78, 5) is 11.6. The molecule has 6 nitrogen and oxygen atoms in total. The molecule has 0 heterocycles. The maximum atomic E-state index is 11.8. The number of amides is 1. The van der Waals surface area contributed by atoms with Gasteiger partial charge < -0.3 is 4.74 Å². The van der Waals surface area contributed by atoms with Gasteiger partial charge in [0, 0.05) is 5.39 Å². The summed E-state index contributed by atoms with van der Waals surface area (Å²) >= 11 is 0. The molecule has 2 rings (SSSR count). The third kappa shape index (κ3) is 3.96. The monoisotopic (exact) mass is 323 g/mol. The van der Waals surface area contributed by atoms with E-state index < -0.39 is 21.8 Å². The van der Waals surface area contributed by atoms with Crippen molar-refractivity contribution in [2.45, 2.75) is 31.3 Å². The number of fused-ring (bicyclic) bond motifs is 1. The molecule has 0 bridgehead atoms. The van der Waals surface area contributed by atoms with E-state index in [1.807, 2.05) is 0 Å². The first-order chi connectivity index (χ1) is 10.1. The highest BCUT2D eigenvalue weighted by molar-refractivity contribution is 7.85. The quantitative estimate of drug-likeness (QED) is 0.826. The largest absolute Gasteiger partial charge is 0.444 e. The van der Waals surface area contributed by atoms with E-state index in [2.05, 4.69) is 5.32 Å². The first-order valence-corrected chi connectivity index (χ1v) is 8.00. The lowest BCUT2D eigenvalue weighted by molar-refractivity contribution is 0.0636. The molecular weight excluding hydrogens is 306 g/mol. The van der Waals surface area contributed by atoms with Crippen LogP contribution in [-0.2, 0) is 14.9 Å². The fraction of sp³-hybridized carbons (Fsp3) is 0.267. The summed E-state index contributed by atoms with van der Waals surface area (Å²) in [7, 11) is -4.27. The lowest BCUT2D eigenvalue weighted by atomic mass is 10.1. The van der Waals surface area contributed by atoms with Crippen LogP contribution in [0.5, 0.6) is 0 Å². The Morgan fingerprint density at radius 2 is 1.86 bits per heavy atom. The molecule has 1 amide bonds. The van der Waals surface area contributed by atoms with Gasteiger partial charge in [-0.15, -0.1) is 0 Å². The summed E-state index contributed by atoms with van der Waals surface area (Å²) in [6, 6.07) is 9.17. The van der Waals surface area contributed by atoms with Crippen molar-refractivity contribution in [1.29, 1.82) is 0 Å². The van der Waals surface area contributed by atoms with Gasteiger partial charge in [0.2, 0.25) is 0 Å². The molecule has 118 valence electrons. The molecule has 2 N–H and O–H groups in total. The minimum atomic E-state index is -4.27. The Bertz CT molecular complexity index is 821. The molecular formula is C15H17NO5S. The van der Waals surface area contributed by atoms with Gasteiger partial charge in [0.25, 0.3) is 10.1 Å². The Kier molecular flexibility index (Phi) is 4.12. The zero-order valence-corrected chi connectivity index (χ0v) is 13.3. The molecule has 0 aromatic heterocycles. The Morgan fingerprint density at radius 1 is 1.18 bits per heavy atom. The number of hydrogen-bond donors (Lipinski definition) is 2. The van der Waals surface area contributed by atoms with E-state index in [1.54, 1.807) is 39.0 Å². The van der Waals surface area contributed by atoms with Gasteiger partial charge in [-0.2, -0.15) is 8.42 Å². The Morgan fingerprint density at radius 3 is 2.45 bits per heavy atom. The van der Waals surface area contributed by atoms with E-state index in [0.29, 0.717) is 16.5 Å². The highest BCUT2D eigenvalue weighted by Crippen LogP contribution is 2.26. The van der Waals surface area contributed by atoms with Crippen LogP contribution in [0, 0.1) is 0 Å². The summed E-state index contributed by atoms with van der Waals surface area (Å²) in [5.41, 5.74) is -0.124. The number of carbonyl (C=O) groups is 1. The van der Waals surface area contributed by atoms with Crippen molar-refractivity contribution in [3.8, 4) is 0 Å². The fourth-order valence-corrected chi connectivity index (χ4v) is 2.46. The molecule has 0 saturated heterocycles. The Balaban J connectivity index is 2.38. The number of anilines is 1. The molecule has 0 fully saturated rings. The van der Waals surface area contributed by atoms with Crippen LogP contribution in [0.4, 0.5) is 10.5 Å². The Hall–Kier alpha value is -2.12. The summed E-state index contributed by atoms with van der Waals surface area (Å²) in [6.45, 7) is 5.27. The van der Waals surface area contributed by atoms with E-state index in [9.17, 15) is 13.2 Å². The molecule has 0 radical (unpaired) electrons. The highest BCUT2D eigenvalue weighted by Gasteiger charge is 2.17. The summed E-state index contributed by atoms with van der Waals surface area (Å²) in [5, 5.41) is 3.84. The molecule has 0 spiro atoms. The van der Waals surface area contributed by atoms with Crippen molar-refractivity contribution >= 4 is 32.7 Å². The maximum Gasteiger partial charge on any atom is 0.412 e. The van der Waals surface area contributed by atoms with Crippen molar-refractivity contribution in [2.75, 3.05) is 5.32 Å². The number of hydrogen-bond acceptors (Lipinski definition) is 4. The second-order valence-electron chi connectivity index (χ2n) is 5.79. The average molecular weight is 323 g/mol. The van der Waals surface area contributed by atoms with Gasteiger partial charge in [-0.3, -0.25) is 9.87 Å². The standard InChI is InChI=1S/C15H17NO5S/c1-15(2,3)21-14(17)16-13-6-4-5-10-9-11(22(18,19)20)7-8-12(10)13/h4-9H,1-3H3,(H,16,17)(H,18,19,20). The third-order valence-corrected chi connectivity index (χ3v) is 3.64. The lowest BCUT2D eigenvalue weighted by Crippen LogP contribution is -2.27. The number of ether oxygens (including phenoxy) is 1. The second-order valence-corrected chi connectivity index (χ2v) is 7.21. The van der Waals surface area contributed by atoms with Crippen molar-refractivity contribution in [3.63, 3.8) is 0 Å². The van der Waals surface area contributed by atoms with Gasteiger partial charge >= 0.3 is 6.09 Å². The summed E-state index contributed by atoms with van der Waals surface area (Å²) < 4.78 is 36.6. The average Bonchev–Trinajstić information content (AvgIpc) is 2.35. The van der Waals surface area contributed by atoms with Crippen LogP contribution >= 0.6 is 0 Å². The van der Waals surface area contributed by atoms with E-state index in [0.717, 1.165) is 0 Å². The summed E-state index contributed by atoms with van der Waals surface area (Å²) in [6.07, 6.45) is -0.598. The molecule has 7 heteroatoms. The molecule has 22 heavy (non-hydrogen) atoms.